The van der Waals surface area contributed by atoms with Crippen molar-refractivity contribution >= 4 is 17.8 Å². The molecule has 2 rings (SSSR count). The summed E-state index contributed by atoms with van der Waals surface area (Å²) in [5.74, 6) is -0.687. The smallest absolute Gasteiger partial charge is 0.325 e. The van der Waals surface area contributed by atoms with E-state index in [1.165, 1.54) is 0 Å². The third-order valence-corrected chi connectivity index (χ3v) is 3.42. The van der Waals surface area contributed by atoms with Crippen molar-refractivity contribution < 1.29 is 19.5 Å². The lowest BCUT2D eigenvalue weighted by atomic mass is 10.1. The number of carbonyl (C=O) groups is 3. The molecule has 0 aromatic heterocycles. The molecule has 2 atom stereocenters. The van der Waals surface area contributed by atoms with Crippen LogP contribution in [0.15, 0.2) is 0 Å². The van der Waals surface area contributed by atoms with Crippen LogP contribution in [-0.4, -0.2) is 53.6 Å². The summed E-state index contributed by atoms with van der Waals surface area (Å²) in [6, 6.07) is -0.531. The summed E-state index contributed by atoms with van der Waals surface area (Å²) in [5, 5.41) is 14.6. The molecule has 100 valence electrons. The zero-order chi connectivity index (χ0) is 13.1. The third-order valence-electron chi connectivity index (χ3n) is 3.42. The first-order chi connectivity index (χ1) is 8.58. The average molecular weight is 255 g/mol. The minimum Gasteiger partial charge on any atom is -0.393 e. The highest BCUT2D eigenvalue weighted by atomic mass is 16.3. The number of carbonyl (C=O) groups excluding carboxylic acids is 3. The molecule has 7 heteroatoms. The first-order valence-electron chi connectivity index (χ1n) is 6.11. The Kier molecular flexibility index (Phi) is 3.81. The zero-order valence-corrected chi connectivity index (χ0v) is 10.0. The molecule has 1 saturated carbocycles. The maximum Gasteiger partial charge on any atom is 0.325 e. The van der Waals surface area contributed by atoms with Crippen LogP contribution in [0.5, 0.6) is 0 Å². The number of urea groups is 1. The topological polar surface area (TPSA) is 98.7 Å². The molecular weight excluding hydrogens is 238 g/mol. The normalized spacial score (nSPS) is 27.5. The van der Waals surface area contributed by atoms with Gasteiger partial charge < -0.3 is 15.7 Å². The fourth-order valence-electron chi connectivity index (χ4n) is 2.32. The van der Waals surface area contributed by atoms with Crippen molar-refractivity contribution in [1.29, 1.82) is 0 Å². The summed E-state index contributed by atoms with van der Waals surface area (Å²) >= 11 is 0. The summed E-state index contributed by atoms with van der Waals surface area (Å²) < 4.78 is 0. The van der Waals surface area contributed by atoms with Crippen molar-refractivity contribution in [3.8, 4) is 0 Å². The second-order valence-electron chi connectivity index (χ2n) is 4.70. The SMILES string of the molecule is O=C(CN1C(=O)CNC1=O)NCC1CCCC1O. The Morgan fingerprint density at radius 1 is 1.44 bits per heavy atom. The standard InChI is InChI=1S/C11H17N3O4/c15-8-3-1-2-7(8)4-12-9(16)6-14-10(17)5-13-11(14)18/h7-8,15H,1-6H2,(H,12,16)(H,13,18). The summed E-state index contributed by atoms with van der Waals surface area (Å²) in [5.41, 5.74) is 0. The Morgan fingerprint density at radius 3 is 2.78 bits per heavy atom. The number of aliphatic hydroxyl groups excluding tert-OH is 1. The van der Waals surface area contributed by atoms with E-state index in [2.05, 4.69) is 10.6 Å². The number of amides is 4. The molecule has 0 bridgehead atoms. The Bertz CT molecular complexity index is 355. The molecule has 3 N–H and O–H groups in total. The molecular formula is C11H17N3O4. The Balaban J connectivity index is 1.75. The molecule has 1 saturated heterocycles. The van der Waals surface area contributed by atoms with Crippen molar-refractivity contribution in [1.82, 2.24) is 15.5 Å². The number of aliphatic hydroxyl groups is 1. The van der Waals surface area contributed by atoms with Crippen molar-refractivity contribution in [2.75, 3.05) is 19.6 Å². The van der Waals surface area contributed by atoms with Crippen molar-refractivity contribution in [2.24, 2.45) is 5.92 Å². The van der Waals surface area contributed by atoms with Gasteiger partial charge in [-0.2, -0.15) is 0 Å². The second kappa shape index (κ2) is 5.34. The van der Waals surface area contributed by atoms with E-state index in [1.54, 1.807) is 0 Å². The van der Waals surface area contributed by atoms with Gasteiger partial charge in [0.1, 0.15) is 6.54 Å². The summed E-state index contributed by atoms with van der Waals surface area (Å²) in [4.78, 5) is 34.9. The molecule has 0 aromatic carbocycles. The molecule has 0 spiro atoms. The first-order valence-corrected chi connectivity index (χ1v) is 6.11. The van der Waals surface area contributed by atoms with E-state index in [1.807, 2.05) is 0 Å². The van der Waals surface area contributed by atoms with Gasteiger partial charge in [0.05, 0.1) is 12.6 Å². The number of nitrogens with one attached hydrogen (secondary N) is 2. The number of rotatable bonds is 4. The predicted molar refractivity (Wildman–Crippen MR) is 61.5 cm³/mol. The first kappa shape index (κ1) is 12.8. The van der Waals surface area contributed by atoms with Crippen molar-refractivity contribution in [3.05, 3.63) is 0 Å². The second-order valence-corrected chi connectivity index (χ2v) is 4.70. The Labute approximate surface area is 105 Å². The molecule has 18 heavy (non-hydrogen) atoms. The van der Waals surface area contributed by atoms with Crippen LogP contribution in [0, 0.1) is 5.92 Å². The molecule has 2 fully saturated rings. The van der Waals surface area contributed by atoms with E-state index in [0.29, 0.717) is 6.54 Å². The highest BCUT2D eigenvalue weighted by Gasteiger charge is 2.31. The van der Waals surface area contributed by atoms with Gasteiger partial charge in [-0.3, -0.25) is 14.5 Å². The van der Waals surface area contributed by atoms with Crippen LogP contribution in [0.4, 0.5) is 4.79 Å². The molecule has 1 aliphatic heterocycles. The third kappa shape index (κ3) is 2.79. The maximum absolute atomic E-state index is 11.6. The maximum atomic E-state index is 11.6. The minimum absolute atomic E-state index is 0.0482. The van der Waals surface area contributed by atoms with Gasteiger partial charge in [0.2, 0.25) is 5.91 Å². The number of hydrogen-bond donors (Lipinski definition) is 3. The lowest BCUT2D eigenvalue weighted by molar-refractivity contribution is -0.130. The fourth-order valence-corrected chi connectivity index (χ4v) is 2.32. The van der Waals surface area contributed by atoms with E-state index in [-0.39, 0.29) is 31.0 Å². The molecule has 4 amide bonds. The average Bonchev–Trinajstić information content (AvgIpc) is 2.87. The predicted octanol–water partition coefficient (Wildman–Crippen LogP) is -1.18. The Morgan fingerprint density at radius 2 is 2.22 bits per heavy atom. The van der Waals surface area contributed by atoms with Crippen molar-refractivity contribution in [2.45, 2.75) is 25.4 Å². The van der Waals surface area contributed by atoms with Crippen LogP contribution in [0.1, 0.15) is 19.3 Å². The van der Waals surface area contributed by atoms with Crippen LogP contribution in [-0.2, 0) is 9.59 Å². The van der Waals surface area contributed by atoms with Gasteiger partial charge in [-0.15, -0.1) is 0 Å². The van der Waals surface area contributed by atoms with E-state index in [9.17, 15) is 19.5 Å². The van der Waals surface area contributed by atoms with Gasteiger partial charge in [0, 0.05) is 12.5 Å². The lowest BCUT2D eigenvalue weighted by Crippen LogP contribution is -2.42. The van der Waals surface area contributed by atoms with Gasteiger partial charge in [0.25, 0.3) is 5.91 Å². The van der Waals surface area contributed by atoms with Gasteiger partial charge in [-0.1, -0.05) is 6.42 Å². The van der Waals surface area contributed by atoms with E-state index in [0.717, 1.165) is 24.2 Å². The summed E-state index contributed by atoms with van der Waals surface area (Å²) in [7, 11) is 0. The van der Waals surface area contributed by atoms with E-state index < -0.39 is 11.9 Å². The van der Waals surface area contributed by atoms with Crippen LogP contribution in [0.2, 0.25) is 0 Å². The lowest BCUT2D eigenvalue weighted by Gasteiger charge is -2.16. The van der Waals surface area contributed by atoms with Crippen LogP contribution in [0.3, 0.4) is 0 Å². The summed E-state index contributed by atoms with van der Waals surface area (Å²) in [6.45, 7) is 0.0879. The molecule has 1 heterocycles. The monoisotopic (exact) mass is 255 g/mol. The molecule has 0 radical (unpaired) electrons. The van der Waals surface area contributed by atoms with Gasteiger partial charge in [-0.25, -0.2) is 4.79 Å². The van der Waals surface area contributed by atoms with Crippen molar-refractivity contribution in [3.63, 3.8) is 0 Å². The minimum atomic E-state index is -0.531. The summed E-state index contributed by atoms with van der Waals surface area (Å²) in [6.07, 6.45) is 2.27. The molecule has 7 nitrogen and oxygen atoms in total. The largest absolute Gasteiger partial charge is 0.393 e. The molecule has 0 aromatic rings. The van der Waals surface area contributed by atoms with Crippen LogP contribution < -0.4 is 10.6 Å². The van der Waals surface area contributed by atoms with Crippen LogP contribution >= 0.6 is 0 Å². The van der Waals surface area contributed by atoms with Gasteiger partial charge in [-0.05, 0) is 12.8 Å². The van der Waals surface area contributed by atoms with Crippen LogP contribution in [0.25, 0.3) is 0 Å². The highest BCUT2D eigenvalue weighted by molar-refractivity contribution is 6.04. The Hall–Kier alpha value is -1.63. The van der Waals surface area contributed by atoms with Gasteiger partial charge >= 0.3 is 6.03 Å². The highest BCUT2D eigenvalue weighted by Crippen LogP contribution is 2.24. The molecule has 1 aliphatic carbocycles. The number of nitrogens with zero attached hydrogens (tertiary/aromatic N) is 1. The number of imide groups is 1. The number of hydrogen-bond acceptors (Lipinski definition) is 4. The zero-order valence-electron chi connectivity index (χ0n) is 10.0. The van der Waals surface area contributed by atoms with Gasteiger partial charge in [0.15, 0.2) is 0 Å². The molecule has 2 unspecified atom stereocenters. The van der Waals surface area contributed by atoms with E-state index >= 15 is 0 Å². The fraction of sp³-hybridized carbons (Fsp3) is 0.727. The van der Waals surface area contributed by atoms with E-state index in [4.69, 9.17) is 0 Å². The quantitative estimate of drug-likeness (QED) is 0.550. The molecule has 2 aliphatic rings.